The molecular formula is C33H33N3O3. The van der Waals surface area contributed by atoms with Crippen LogP contribution in [0.5, 0.6) is 0 Å². The summed E-state index contributed by atoms with van der Waals surface area (Å²) >= 11 is 0. The lowest BCUT2D eigenvalue weighted by Crippen LogP contribution is -2.48. The molecule has 3 heterocycles. The van der Waals surface area contributed by atoms with Crippen molar-refractivity contribution in [2.75, 3.05) is 20.1 Å². The average Bonchev–Trinajstić information content (AvgIpc) is 3.54. The number of nitrogens with zero attached hydrogens (tertiary/aromatic N) is 2. The summed E-state index contributed by atoms with van der Waals surface area (Å²) in [6.45, 7) is 2.87. The summed E-state index contributed by atoms with van der Waals surface area (Å²) in [7, 11) is 1.84. The third-order valence-corrected chi connectivity index (χ3v) is 8.39. The first-order chi connectivity index (χ1) is 18.9. The third-order valence-electron chi connectivity index (χ3n) is 8.39. The number of fused-ring (bicyclic) bond motifs is 1. The molecule has 0 aliphatic carbocycles. The number of carbonyl (C=O) groups is 2. The largest absolute Gasteiger partial charge is 0.460 e. The van der Waals surface area contributed by atoms with Gasteiger partial charge in [0.25, 0.3) is 5.91 Å². The highest BCUT2D eigenvalue weighted by atomic mass is 16.3. The quantitative estimate of drug-likeness (QED) is 0.349. The molecule has 0 spiro atoms. The van der Waals surface area contributed by atoms with E-state index < -0.39 is 5.41 Å². The van der Waals surface area contributed by atoms with E-state index in [2.05, 4.69) is 35.2 Å². The summed E-state index contributed by atoms with van der Waals surface area (Å²) in [5, 5.41) is 0. The van der Waals surface area contributed by atoms with Crippen LogP contribution in [-0.4, -0.2) is 41.8 Å². The summed E-state index contributed by atoms with van der Waals surface area (Å²) in [6.07, 6.45) is 2.16. The number of hydrogen-bond donors (Lipinski definition) is 1. The van der Waals surface area contributed by atoms with Crippen LogP contribution in [0.1, 0.15) is 40.1 Å². The van der Waals surface area contributed by atoms with Crippen LogP contribution in [0.3, 0.4) is 0 Å². The molecule has 6 heteroatoms. The van der Waals surface area contributed by atoms with Gasteiger partial charge in [-0.3, -0.25) is 14.5 Å². The van der Waals surface area contributed by atoms with Crippen molar-refractivity contribution in [1.82, 2.24) is 9.80 Å². The maximum absolute atomic E-state index is 12.6. The van der Waals surface area contributed by atoms with Gasteiger partial charge in [-0.25, -0.2) is 0 Å². The zero-order valence-electron chi connectivity index (χ0n) is 22.2. The molecule has 2 N–H and O–H groups in total. The zero-order chi connectivity index (χ0) is 27.0. The standard InChI is InChI=1S/C33H33N3O3/c1-35-22-29-26(12-7-13-28(29)31(35)37)25-10-5-6-11-27(25)30-15-14-24(39-30)21-36-18-16-33(17-19-36,32(34)38)20-23-8-3-2-4-9-23/h2-15H,16-22H2,1H3,(H2,34,38). The molecule has 2 aliphatic heterocycles. The van der Waals surface area contributed by atoms with E-state index >= 15 is 0 Å². The molecular weight excluding hydrogens is 486 g/mol. The Balaban J connectivity index is 1.19. The first kappa shape index (κ1) is 25.1. The molecule has 1 fully saturated rings. The highest BCUT2D eigenvalue weighted by Crippen LogP contribution is 2.39. The number of benzene rings is 3. The second-order valence-electron chi connectivity index (χ2n) is 10.9. The van der Waals surface area contributed by atoms with E-state index in [1.165, 1.54) is 0 Å². The molecule has 0 bridgehead atoms. The van der Waals surface area contributed by atoms with E-state index in [1.807, 2.05) is 61.6 Å². The zero-order valence-corrected chi connectivity index (χ0v) is 22.2. The van der Waals surface area contributed by atoms with Gasteiger partial charge in [0.1, 0.15) is 11.5 Å². The van der Waals surface area contributed by atoms with Crippen molar-refractivity contribution in [3.05, 3.63) is 107 Å². The van der Waals surface area contributed by atoms with Gasteiger partial charge in [0.15, 0.2) is 0 Å². The van der Waals surface area contributed by atoms with Gasteiger partial charge in [-0.1, -0.05) is 66.7 Å². The van der Waals surface area contributed by atoms with Crippen molar-refractivity contribution < 1.29 is 14.0 Å². The van der Waals surface area contributed by atoms with Crippen LogP contribution in [0, 0.1) is 5.41 Å². The Morgan fingerprint density at radius 3 is 2.26 bits per heavy atom. The van der Waals surface area contributed by atoms with Crippen molar-refractivity contribution in [3.8, 4) is 22.5 Å². The van der Waals surface area contributed by atoms with Crippen LogP contribution in [0.25, 0.3) is 22.5 Å². The molecule has 1 aromatic heterocycles. The van der Waals surface area contributed by atoms with E-state index in [-0.39, 0.29) is 11.8 Å². The van der Waals surface area contributed by atoms with Crippen LogP contribution in [0.15, 0.2) is 89.3 Å². The van der Waals surface area contributed by atoms with E-state index in [0.717, 1.165) is 70.8 Å². The van der Waals surface area contributed by atoms with Gasteiger partial charge in [0, 0.05) is 24.7 Å². The number of rotatable bonds is 7. The van der Waals surface area contributed by atoms with Gasteiger partial charge >= 0.3 is 0 Å². The Kier molecular flexibility index (Phi) is 6.57. The topological polar surface area (TPSA) is 79.8 Å². The van der Waals surface area contributed by atoms with Crippen molar-refractivity contribution >= 4 is 11.8 Å². The number of primary amides is 1. The molecule has 198 valence electrons. The Labute approximate surface area is 229 Å². The monoisotopic (exact) mass is 519 g/mol. The number of piperidine rings is 1. The Hall–Kier alpha value is -4.16. The summed E-state index contributed by atoms with van der Waals surface area (Å²) in [4.78, 5) is 29.2. The number of likely N-dealkylation sites (tertiary alicyclic amines) is 1. The van der Waals surface area contributed by atoms with Gasteiger partial charge in [0.2, 0.25) is 5.91 Å². The molecule has 2 aliphatic rings. The van der Waals surface area contributed by atoms with Crippen molar-refractivity contribution in [1.29, 1.82) is 0 Å². The second kappa shape index (κ2) is 10.2. The van der Waals surface area contributed by atoms with E-state index in [1.54, 1.807) is 4.90 Å². The molecule has 6 rings (SSSR count). The molecule has 3 aromatic carbocycles. The highest BCUT2D eigenvalue weighted by molar-refractivity contribution is 6.01. The smallest absolute Gasteiger partial charge is 0.254 e. The fourth-order valence-electron chi connectivity index (χ4n) is 6.12. The van der Waals surface area contributed by atoms with Crippen LogP contribution in [0.2, 0.25) is 0 Å². The predicted octanol–water partition coefficient (Wildman–Crippen LogP) is 5.51. The molecule has 4 aromatic rings. The third kappa shape index (κ3) is 4.77. The molecule has 0 radical (unpaired) electrons. The summed E-state index contributed by atoms with van der Waals surface area (Å²) in [5.41, 5.74) is 11.5. The number of nitrogens with two attached hydrogens (primary N) is 1. The lowest BCUT2D eigenvalue weighted by atomic mass is 9.73. The maximum atomic E-state index is 12.6. The molecule has 1 saturated heterocycles. The molecule has 0 unspecified atom stereocenters. The minimum atomic E-state index is -0.503. The van der Waals surface area contributed by atoms with Gasteiger partial charge in [-0.2, -0.15) is 0 Å². The van der Waals surface area contributed by atoms with Crippen LogP contribution >= 0.6 is 0 Å². The van der Waals surface area contributed by atoms with Gasteiger partial charge in [-0.15, -0.1) is 0 Å². The SMILES string of the molecule is CN1Cc2c(cccc2-c2ccccc2-c2ccc(CN3CCC(Cc4ccccc4)(C(N)=O)CC3)o2)C1=O. The normalized spacial score (nSPS) is 16.8. The fourth-order valence-corrected chi connectivity index (χ4v) is 6.12. The minimum absolute atomic E-state index is 0.0651. The number of amides is 2. The van der Waals surface area contributed by atoms with E-state index in [0.29, 0.717) is 19.5 Å². The van der Waals surface area contributed by atoms with Gasteiger partial charge < -0.3 is 15.1 Å². The Morgan fingerprint density at radius 2 is 1.51 bits per heavy atom. The predicted molar refractivity (Wildman–Crippen MR) is 152 cm³/mol. The van der Waals surface area contributed by atoms with Crippen LogP contribution in [-0.2, 0) is 24.3 Å². The molecule has 39 heavy (non-hydrogen) atoms. The summed E-state index contributed by atoms with van der Waals surface area (Å²) < 4.78 is 6.38. The fraction of sp³-hybridized carbons (Fsp3) is 0.273. The van der Waals surface area contributed by atoms with Gasteiger partial charge in [0.05, 0.1) is 12.0 Å². The number of furan rings is 1. The summed E-state index contributed by atoms with van der Waals surface area (Å²) in [6, 6.07) is 28.4. The maximum Gasteiger partial charge on any atom is 0.254 e. The highest BCUT2D eigenvalue weighted by Gasteiger charge is 2.40. The molecule has 6 nitrogen and oxygen atoms in total. The molecule has 2 amide bonds. The lowest BCUT2D eigenvalue weighted by molar-refractivity contribution is -0.130. The first-order valence-electron chi connectivity index (χ1n) is 13.6. The van der Waals surface area contributed by atoms with Gasteiger partial charge in [-0.05, 0) is 72.8 Å². The second-order valence-corrected chi connectivity index (χ2v) is 10.9. The average molecular weight is 520 g/mol. The minimum Gasteiger partial charge on any atom is -0.460 e. The number of carbonyl (C=O) groups excluding carboxylic acids is 2. The van der Waals surface area contributed by atoms with E-state index in [9.17, 15) is 9.59 Å². The van der Waals surface area contributed by atoms with Crippen LogP contribution < -0.4 is 5.73 Å². The lowest BCUT2D eigenvalue weighted by Gasteiger charge is -2.39. The van der Waals surface area contributed by atoms with Crippen molar-refractivity contribution in [3.63, 3.8) is 0 Å². The molecule has 0 saturated carbocycles. The number of hydrogen-bond acceptors (Lipinski definition) is 4. The van der Waals surface area contributed by atoms with Crippen molar-refractivity contribution in [2.45, 2.75) is 32.4 Å². The summed E-state index contributed by atoms with van der Waals surface area (Å²) in [5.74, 6) is 1.56. The van der Waals surface area contributed by atoms with E-state index in [4.69, 9.17) is 10.2 Å². The molecule has 0 atom stereocenters. The van der Waals surface area contributed by atoms with Crippen molar-refractivity contribution in [2.24, 2.45) is 11.1 Å². The Morgan fingerprint density at radius 1 is 0.846 bits per heavy atom. The first-order valence-corrected chi connectivity index (χ1v) is 13.6. The van der Waals surface area contributed by atoms with Crippen LogP contribution in [0.4, 0.5) is 0 Å². The Bertz CT molecular complexity index is 1520.